The molecular formula is C14H12N4O. The highest BCUT2D eigenvalue weighted by Crippen LogP contribution is 2.14. The summed E-state index contributed by atoms with van der Waals surface area (Å²) in [5, 5.41) is 8.64. The summed E-state index contributed by atoms with van der Waals surface area (Å²) >= 11 is 0. The molecule has 1 amide bonds. The number of hydrogen-bond donors (Lipinski definition) is 0. The zero-order valence-electron chi connectivity index (χ0n) is 10.4. The minimum Gasteiger partial charge on any atom is -0.311 e. The Bertz CT molecular complexity index is 619. The van der Waals surface area contributed by atoms with E-state index in [1.54, 1.807) is 49.9 Å². The summed E-state index contributed by atoms with van der Waals surface area (Å²) in [5.41, 5.74) is 1.87. The normalized spacial score (nSPS) is 9.68. The molecule has 0 fully saturated rings. The zero-order chi connectivity index (χ0) is 13.7. The molecule has 0 saturated carbocycles. The maximum absolute atomic E-state index is 12.3. The summed E-state index contributed by atoms with van der Waals surface area (Å²) in [5.74, 6) is -0.146. The van der Waals surface area contributed by atoms with Crippen molar-refractivity contribution < 1.29 is 4.79 Å². The average molecular weight is 252 g/mol. The number of rotatable bonds is 3. The molecule has 0 radical (unpaired) electrons. The summed E-state index contributed by atoms with van der Waals surface area (Å²) in [6.07, 6.45) is 5.00. The van der Waals surface area contributed by atoms with Crippen LogP contribution in [-0.4, -0.2) is 22.9 Å². The Morgan fingerprint density at radius 1 is 1.32 bits per heavy atom. The van der Waals surface area contributed by atoms with Crippen molar-refractivity contribution in [2.45, 2.75) is 6.42 Å². The Morgan fingerprint density at radius 2 is 2.05 bits per heavy atom. The van der Waals surface area contributed by atoms with Crippen LogP contribution in [0.3, 0.4) is 0 Å². The van der Waals surface area contributed by atoms with Crippen molar-refractivity contribution in [3.63, 3.8) is 0 Å². The summed E-state index contributed by atoms with van der Waals surface area (Å²) < 4.78 is 0. The molecule has 2 aromatic heterocycles. The highest BCUT2D eigenvalue weighted by Gasteiger charge is 2.13. The fourth-order valence-corrected chi connectivity index (χ4v) is 1.67. The minimum atomic E-state index is -0.146. The third-order valence-electron chi connectivity index (χ3n) is 2.68. The van der Waals surface area contributed by atoms with E-state index < -0.39 is 0 Å². The summed E-state index contributed by atoms with van der Waals surface area (Å²) in [6, 6.07) is 8.82. The molecule has 0 aliphatic heterocycles. The molecule has 5 heteroatoms. The van der Waals surface area contributed by atoms with Gasteiger partial charge in [-0.1, -0.05) is 0 Å². The Labute approximate surface area is 111 Å². The van der Waals surface area contributed by atoms with E-state index in [4.69, 9.17) is 5.26 Å². The van der Waals surface area contributed by atoms with Gasteiger partial charge in [0.1, 0.15) is 0 Å². The largest absolute Gasteiger partial charge is 0.311 e. The van der Waals surface area contributed by atoms with Gasteiger partial charge in [-0.05, 0) is 24.3 Å². The SMILES string of the molecule is CN(C(=O)c1ccnc(CC#N)c1)c1ccncc1. The number of pyridine rings is 2. The second-order valence-electron chi connectivity index (χ2n) is 3.94. The molecule has 0 atom stereocenters. The maximum Gasteiger partial charge on any atom is 0.258 e. The Kier molecular flexibility index (Phi) is 3.84. The van der Waals surface area contributed by atoms with Gasteiger partial charge in [0.2, 0.25) is 0 Å². The van der Waals surface area contributed by atoms with E-state index >= 15 is 0 Å². The first-order valence-corrected chi connectivity index (χ1v) is 5.72. The third kappa shape index (κ3) is 2.93. The molecule has 19 heavy (non-hydrogen) atoms. The number of hydrogen-bond acceptors (Lipinski definition) is 4. The lowest BCUT2D eigenvalue weighted by Crippen LogP contribution is -2.26. The number of nitrogens with zero attached hydrogens (tertiary/aromatic N) is 4. The zero-order valence-corrected chi connectivity index (χ0v) is 10.4. The van der Waals surface area contributed by atoms with Gasteiger partial charge in [-0.3, -0.25) is 14.8 Å². The molecule has 0 aromatic carbocycles. The van der Waals surface area contributed by atoms with Crippen LogP contribution >= 0.6 is 0 Å². The van der Waals surface area contributed by atoms with Crippen molar-refractivity contribution in [3.8, 4) is 6.07 Å². The van der Waals surface area contributed by atoms with Crippen LogP contribution < -0.4 is 4.90 Å². The fourth-order valence-electron chi connectivity index (χ4n) is 1.67. The predicted molar refractivity (Wildman–Crippen MR) is 70.5 cm³/mol. The topological polar surface area (TPSA) is 69.9 Å². The first kappa shape index (κ1) is 12.7. The first-order chi connectivity index (χ1) is 9.22. The molecule has 0 N–H and O–H groups in total. The van der Waals surface area contributed by atoms with E-state index in [2.05, 4.69) is 9.97 Å². The lowest BCUT2D eigenvalue weighted by Gasteiger charge is -2.17. The van der Waals surface area contributed by atoms with E-state index in [0.29, 0.717) is 11.3 Å². The quantitative estimate of drug-likeness (QED) is 0.835. The second-order valence-corrected chi connectivity index (χ2v) is 3.94. The first-order valence-electron chi connectivity index (χ1n) is 5.72. The highest BCUT2D eigenvalue weighted by atomic mass is 16.2. The van der Waals surface area contributed by atoms with E-state index in [9.17, 15) is 4.79 Å². The van der Waals surface area contributed by atoms with Gasteiger partial charge in [0.15, 0.2) is 0 Å². The molecule has 0 spiro atoms. The van der Waals surface area contributed by atoms with Gasteiger partial charge in [-0.25, -0.2) is 0 Å². The van der Waals surface area contributed by atoms with Gasteiger partial charge < -0.3 is 4.90 Å². The van der Waals surface area contributed by atoms with Gasteiger partial charge >= 0.3 is 0 Å². The summed E-state index contributed by atoms with van der Waals surface area (Å²) in [6.45, 7) is 0. The fraction of sp³-hybridized carbons (Fsp3) is 0.143. The van der Waals surface area contributed by atoms with E-state index in [1.807, 2.05) is 6.07 Å². The van der Waals surface area contributed by atoms with Crippen LogP contribution in [0, 0.1) is 11.3 Å². The number of aromatic nitrogens is 2. The second kappa shape index (κ2) is 5.74. The Hall–Kier alpha value is -2.74. The monoisotopic (exact) mass is 252 g/mol. The number of anilines is 1. The van der Waals surface area contributed by atoms with Crippen molar-refractivity contribution in [3.05, 3.63) is 54.1 Å². The van der Waals surface area contributed by atoms with E-state index in [0.717, 1.165) is 5.69 Å². The number of nitriles is 1. The molecule has 2 heterocycles. The van der Waals surface area contributed by atoms with Crippen LogP contribution in [0.2, 0.25) is 0 Å². The Balaban J connectivity index is 2.25. The number of carbonyl (C=O) groups is 1. The molecule has 0 bridgehead atoms. The van der Waals surface area contributed by atoms with Crippen LogP contribution in [0.1, 0.15) is 16.1 Å². The maximum atomic E-state index is 12.3. The van der Waals surface area contributed by atoms with Gasteiger partial charge in [0.25, 0.3) is 5.91 Å². The van der Waals surface area contributed by atoms with Crippen molar-refractivity contribution >= 4 is 11.6 Å². The van der Waals surface area contributed by atoms with Crippen molar-refractivity contribution in [2.75, 3.05) is 11.9 Å². The molecule has 0 aliphatic rings. The molecule has 5 nitrogen and oxygen atoms in total. The van der Waals surface area contributed by atoms with Crippen LogP contribution in [0.4, 0.5) is 5.69 Å². The van der Waals surface area contributed by atoms with Gasteiger partial charge in [0, 0.05) is 36.9 Å². The van der Waals surface area contributed by atoms with Crippen LogP contribution in [0.5, 0.6) is 0 Å². The molecule has 0 aliphatic carbocycles. The van der Waals surface area contributed by atoms with E-state index in [1.165, 1.54) is 4.90 Å². The molecular weight excluding hydrogens is 240 g/mol. The van der Waals surface area contributed by atoms with Gasteiger partial charge in [0.05, 0.1) is 18.2 Å². The van der Waals surface area contributed by atoms with Crippen molar-refractivity contribution in [1.29, 1.82) is 5.26 Å². The number of amides is 1. The van der Waals surface area contributed by atoms with Crippen LogP contribution in [0.15, 0.2) is 42.9 Å². The summed E-state index contributed by atoms with van der Waals surface area (Å²) in [7, 11) is 1.70. The highest BCUT2D eigenvalue weighted by molar-refractivity contribution is 6.05. The standard InChI is InChI=1S/C14H12N4O/c1-18(13-4-7-16-8-5-13)14(19)11-3-9-17-12(10-11)2-6-15/h3-5,7-10H,2H2,1H3. The minimum absolute atomic E-state index is 0.146. The van der Waals surface area contributed by atoms with Crippen LogP contribution in [-0.2, 0) is 6.42 Å². The molecule has 0 unspecified atom stereocenters. The van der Waals surface area contributed by atoms with Crippen LogP contribution in [0.25, 0.3) is 0 Å². The van der Waals surface area contributed by atoms with E-state index in [-0.39, 0.29) is 12.3 Å². The molecule has 0 saturated heterocycles. The number of carbonyl (C=O) groups excluding carboxylic acids is 1. The predicted octanol–water partition coefficient (Wildman–Crippen LogP) is 1.82. The van der Waals surface area contributed by atoms with Crippen molar-refractivity contribution in [1.82, 2.24) is 9.97 Å². The van der Waals surface area contributed by atoms with Gasteiger partial charge in [-0.15, -0.1) is 0 Å². The van der Waals surface area contributed by atoms with Gasteiger partial charge in [-0.2, -0.15) is 5.26 Å². The molecule has 2 aromatic rings. The molecule has 94 valence electrons. The lowest BCUT2D eigenvalue weighted by molar-refractivity contribution is 0.0993. The third-order valence-corrected chi connectivity index (χ3v) is 2.68. The average Bonchev–Trinajstić information content (AvgIpc) is 2.47. The van der Waals surface area contributed by atoms with Crippen molar-refractivity contribution in [2.24, 2.45) is 0 Å². The Morgan fingerprint density at radius 3 is 2.74 bits per heavy atom. The molecule has 2 rings (SSSR count). The lowest BCUT2D eigenvalue weighted by atomic mass is 10.1. The smallest absolute Gasteiger partial charge is 0.258 e. The summed E-state index contributed by atoms with van der Waals surface area (Å²) in [4.78, 5) is 21.8.